The van der Waals surface area contributed by atoms with Gasteiger partial charge in [-0.05, 0) is 23.8 Å². The van der Waals surface area contributed by atoms with Crippen molar-refractivity contribution in [3.63, 3.8) is 0 Å². The van der Waals surface area contributed by atoms with E-state index in [1.165, 1.54) is 0 Å². The minimum atomic E-state index is -1.17. The van der Waals surface area contributed by atoms with Crippen LogP contribution in [0.15, 0.2) is 48.5 Å². The van der Waals surface area contributed by atoms with Crippen molar-refractivity contribution in [1.82, 2.24) is 0 Å². The summed E-state index contributed by atoms with van der Waals surface area (Å²) in [5.74, 6) is 0.175. The topological polar surface area (TPSA) is 99.4 Å². The summed E-state index contributed by atoms with van der Waals surface area (Å²) in [5, 5.41) is 39.1. The quantitative estimate of drug-likeness (QED) is 0.670. The molecule has 1 fully saturated rings. The number of phenols is 1. The van der Waals surface area contributed by atoms with Crippen LogP contribution >= 0.6 is 0 Å². The van der Waals surface area contributed by atoms with Gasteiger partial charge in [0, 0.05) is 11.5 Å². The van der Waals surface area contributed by atoms with Crippen LogP contribution in [0.25, 0.3) is 11.1 Å². The number of aromatic hydroxyl groups is 1. The van der Waals surface area contributed by atoms with E-state index in [-0.39, 0.29) is 5.75 Å². The Morgan fingerprint density at radius 3 is 2.52 bits per heavy atom. The average Bonchev–Trinajstić information content (AvgIpc) is 2.62. The molecule has 0 amide bonds. The van der Waals surface area contributed by atoms with E-state index in [4.69, 9.17) is 9.47 Å². The van der Waals surface area contributed by atoms with Crippen LogP contribution < -0.4 is 4.74 Å². The summed E-state index contributed by atoms with van der Waals surface area (Å²) in [5.41, 5.74) is 1.54. The molecule has 1 aliphatic rings. The van der Waals surface area contributed by atoms with E-state index in [9.17, 15) is 20.4 Å². The third kappa shape index (κ3) is 3.62. The predicted octanol–water partition coefficient (Wildman–Crippen LogP) is 1.51. The smallest absolute Gasteiger partial charge is 0.205 e. The fraction of sp³-hybridized carbons (Fsp3) is 0.368. The zero-order valence-electron chi connectivity index (χ0n) is 13.8. The van der Waals surface area contributed by atoms with E-state index in [1.807, 2.05) is 24.3 Å². The van der Waals surface area contributed by atoms with Gasteiger partial charge in [-0.2, -0.15) is 0 Å². The SMILES string of the molecule is CC1[C@H](Oc2ccccc2-c2cccc(O)c2)OC(CO)[C@H](O)[C@@H]1O. The molecule has 2 aromatic rings. The van der Waals surface area contributed by atoms with Gasteiger partial charge in [-0.3, -0.25) is 0 Å². The van der Waals surface area contributed by atoms with E-state index < -0.39 is 37.1 Å². The monoisotopic (exact) mass is 346 g/mol. The summed E-state index contributed by atoms with van der Waals surface area (Å²) < 4.78 is 11.6. The van der Waals surface area contributed by atoms with Crippen LogP contribution in [0.4, 0.5) is 0 Å². The van der Waals surface area contributed by atoms with Crippen molar-refractivity contribution < 1.29 is 29.9 Å². The molecule has 5 atom stereocenters. The van der Waals surface area contributed by atoms with Gasteiger partial charge in [-0.1, -0.05) is 37.3 Å². The van der Waals surface area contributed by atoms with Gasteiger partial charge in [-0.15, -0.1) is 0 Å². The molecule has 2 unspecified atom stereocenters. The van der Waals surface area contributed by atoms with Gasteiger partial charge in [0.2, 0.25) is 6.29 Å². The van der Waals surface area contributed by atoms with Gasteiger partial charge in [0.1, 0.15) is 23.7 Å². The lowest BCUT2D eigenvalue weighted by Crippen LogP contribution is -2.56. The van der Waals surface area contributed by atoms with Crippen molar-refractivity contribution in [2.45, 2.75) is 31.5 Å². The summed E-state index contributed by atoms with van der Waals surface area (Å²) in [6.07, 6.45) is -3.97. The molecule has 25 heavy (non-hydrogen) atoms. The van der Waals surface area contributed by atoms with Crippen molar-refractivity contribution >= 4 is 0 Å². The lowest BCUT2D eigenvalue weighted by Gasteiger charge is -2.40. The molecule has 3 rings (SSSR count). The average molecular weight is 346 g/mol. The third-order valence-electron chi connectivity index (χ3n) is 4.48. The molecule has 6 heteroatoms. The van der Waals surface area contributed by atoms with Crippen molar-refractivity contribution in [3.05, 3.63) is 48.5 Å². The molecule has 0 aliphatic carbocycles. The Bertz CT molecular complexity index is 717. The second-order valence-electron chi connectivity index (χ2n) is 6.23. The number of hydrogen-bond acceptors (Lipinski definition) is 6. The molecule has 0 radical (unpaired) electrons. The highest BCUT2D eigenvalue weighted by molar-refractivity contribution is 5.71. The fourth-order valence-corrected chi connectivity index (χ4v) is 2.96. The van der Waals surface area contributed by atoms with E-state index in [0.29, 0.717) is 5.75 Å². The van der Waals surface area contributed by atoms with Crippen LogP contribution in [0.5, 0.6) is 11.5 Å². The fourth-order valence-electron chi connectivity index (χ4n) is 2.96. The zero-order chi connectivity index (χ0) is 18.0. The maximum atomic E-state index is 10.2. The van der Waals surface area contributed by atoms with E-state index in [2.05, 4.69) is 0 Å². The number of para-hydroxylation sites is 1. The Labute approximate surface area is 145 Å². The van der Waals surface area contributed by atoms with Crippen LogP contribution in [0, 0.1) is 5.92 Å². The van der Waals surface area contributed by atoms with Gasteiger partial charge < -0.3 is 29.9 Å². The van der Waals surface area contributed by atoms with Crippen molar-refractivity contribution in [2.75, 3.05) is 6.61 Å². The highest BCUT2D eigenvalue weighted by Gasteiger charge is 2.43. The Morgan fingerprint density at radius 2 is 1.80 bits per heavy atom. The molecule has 0 bridgehead atoms. The molecule has 1 aliphatic heterocycles. The molecule has 2 aromatic carbocycles. The van der Waals surface area contributed by atoms with Gasteiger partial charge >= 0.3 is 0 Å². The molecule has 6 nitrogen and oxygen atoms in total. The van der Waals surface area contributed by atoms with Gasteiger partial charge in [0.25, 0.3) is 0 Å². The number of benzene rings is 2. The van der Waals surface area contributed by atoms with Crippen LogP contribution in [0.3, 0.4) is 0 Å². The highest BCUT2D eigenvalue weighted by atomic mass is 16.7. The molecule has 1 heterocycles. The molecule has 0 spiro atoms. The lowest BCUT2D eigenvalue weighted by molar-refractivity contribution is -0.256. The number of ether oxygens (including phenoxy) is 2. The Hall–Kier alpha value is -2.12. The first-order valence-corrected chi connectivity index (χ1v) is 8.19. The normalized spacial score (nSPS) is 29.4. The number of aliphatic hydroxyl groups excluding tert-OH is 3. The Balaban J connectivity index is 1.88. The predicted molar refractivity (Wildman–Crippen MR) is 91.1 cm³/mol. The summed E-state index contributed by atoms with van der Waals surface area (Å²) in [6, 6.07) is 14.1. The summed E-state index contributed by atoms with van der Waals surface area (Å²) in [4.78, 5) is 0. The molecular formula is C19H22O6. The maximum Gasteiger partial charge on any atom is 0.205 e. The van der Waals surface area contributed by atoms with E-state index in [1.54, 1.807) is 31.2 Å². The Kier molecular flexibility index (Phi) is 5.24. The second-order valence-corrected chi connectivity index (χ2v) is 6.23. The van der Waals surface area contributed by atoms with Gasteiger partial charge in [-0.25, -0.2) is 0 Å². The van der Waals surface area contributed by atoms with Crippen LogP contribution in [0.2, 0.25) is 0 Å². The molecule has 134 valence electrons. The number of rotatable bonds is 4. The van der Waals surface area contributed by atoms with Crippen molar-refractivity contribution in [3.8, 4) is 22.6 Å². The highest BCUT2D eigenvalue weighted by Crippen LogP contribution is 2.35. The van der Waals surface area contributed by atoms with Crippen LogP contribution in [-0.4, -0.2) is 51.6 Å². The van der Waals surface area contributed by atoms with Crippen molar-refractivity contribution in [1.29, 1.82) is 0 Å². The van der Waals surface area contributed by atoms with Gasteiger partial charge in [0.15, 0.2) is 0 Å². The first-order chi connectivity index (χ1) is 12.0. The summed E-state index contributed by atoms with van der Waals surface area (Å²) in [6.45, 7) is 1.29. The largest absolute Gasteiger partial charge is 0.508 e. The molecule has 1 saturated heterocycles. The van der Waals surface area contributed by atoms with Crippen molar-refractivity contribution in [2.24, 2.45) is 5.92 Å². The number of hydrogen-bond donors (Lipinski definition) is 4. The van der Waals surface area contributed by atoms with Crippen LogP contribution in [0.1, 0.15) is 6.92 Å². The van der Waals surface area contributed by atoms with E-state index >= 15 is 0 Å². The number of phenolic OH excluding ortho intramolecular Hbond substituents is 1. The lowest BCUT2D eigenvalue weighted by atomic mass is 9.92. The minimum Gasteiger partial charge on any atom is -0.508 e. The molecule has 0 saturated carbocycles. The standard InChI is InChI=1S/C19H22O6/c1-11-17(22)18(23)16(10-20)25-19(11)24-15-8-3-2-7-14(15)12-5-4-6-13(21)9-12/h2-9,11,16-23H,10H2,1H3/t11?,16?,17-,18+,19-/m1/s1. The second kappa shape index (κ2) is 7.41. The minimum absolute atomic E-state index is 0.147. The third-order valence-corrected chi connectivity index (χ3v) is 4.48. The van der Waals surface area contributed by atoms with E-state index in [0.717, 1.165) is 11.1 Å². The molecule has 4 N–H and O–H groups in total. The first kappa shape index (κ1) is 17.7. The number of aliphatic hydroxyl groups is 3. The van der Waals surface area contributed by atoms with Gasteiger partial charge in [0.05, 0.1) is 12.7 Å². The molecular weight excluding hydrogens is 324 g/mol. The maximum absolute atomic E-state index is 10.2. The summed E-state index contributed by atoms with van der Waals surface area (Å²) >= 11 is 0. The zero-order valence-corrected chi connectivity index (χ0v) is 13.8. The van der Waals surface area contributed by atoms with Crippen LogP contribution in [-0.2, 0) is 4.74 Å². The Morgan fingerprint density at radius 1 is 1.04 bits per heavy atom. The summed E-state index contributed by atoms with van der Waals surface area (Å²) in [7, 11) is 0. The first-order valence-electron chi connectivity index (χ1n) is 8.19. The molecule has 0 aromatic heterocycles.